The third kappa shape index (κ3) is 3.38. The van der Waals surface area contributed by atoms with Gasteiger partial charge in [-0.2, -0.15) is 0 Å². The first-order valence-electron chi connectivity index (χ1n) is 9.58. The minimum absolute atomic E-state index is 0.0819. The molecule has 29 heavy (non-hydrogen) atoms. The van der Waals surface area contributed by atoms with Gasteiger partial charge in [0.2, 0.25) is 5.43 Å². The van der Waals surface area contributed by atoms with Gasteiger partial charge in [0, 0.05) is 36.8 Å². The highest BCUT2D eigenvalue weighted by atomic mass is 19.1. The van der Waals surface area contributed by atoms with Crippen molar-refractivity contribution < 1.29 is 14.3 Å². The number of hydrogen-bond donors (Lipinski definition) is 3. The SMILES string of the molecule is CCn1cc(C(=O)O)c(=O)c2c(N)c(F)c(CN[C@@H]3C[C@H]3c3ccccc3)cc21. The molecule has 3 aromatic rings. The molecule has 0 spiro atoms. The number of aryl methyl sites for hydroxylation is 1. The van der Waals surface area contributed by atoms with E-state index < -0.39 is 22.8 Å². The summed E-state index contributed by atoms with van der Waals surface area (Å²) in [6.45, 7) is 2.52. The molecule has 2 atom stereocenters. The first-order chi connectivity index (χ1) is 13.9. The molecule has 1 aliphatic rings. The number of nitrogens with two attached hydrogens (primary N) is 1. The van der Waals surface area contributed by atoms with Crippen LogP contribution in [0.5, 0.6) is 0 Å². The van der Waals surface area contributed by atoms with E-state index in [2.05, 4.69) is 17.4 Å². The number of aromatic nitrogens is 1. The molecule has 0 saturated heterocycles. The number of anilines is 1. The van der Waals surface area contributed by atoms with Gasteiger partial charge in [0.25, 0.3) is 0 Å². The summed E-state index contributed by atoms with van der Waals surface area (Å²) in [6, 6.07) is 12.0. The Balaban J connectivity index is 1.66. The quantitative estimate of drug-likeness (QED) is 0.557. The van der Waals surface area contributed by atoms with Crippen molar-refractivity contribution in [1.29, 1.82) is 0 Å². The monoisotopic (exact) mass is 395 g/mol. The van der Waals surface area contributed by atoms with Gasteiger partial charge in [0.15, 0.2) is 5.82 Å². The van der Waals surface area contributed by atoms with E-state index in [1.807, 2.05) is 25.1 Å². The van der Waals surface area contributed by atoms with Crippen LogP contribution in [0.15, 0.2) is 47.4 Å². The molecule has 0 amide bonds. The summed E-state index contributed by atoms with van der Waals surface area (Å²) in [5.74, 6) is -1.63. The molecule has 150 valence electrons. The molecule has 0 bridgehead atoms. The van der Waals surface area contributed by atoms with E-state index in [1.54, 1.807) is 10.6 Å². The fourth-order valence-electron chi connectivity index (χ4n) is 3.88. The van der Waals surface area contributed by atoms with E-state index in [4.69, 9.17) is 5.73 Å². The smallest absolute Gasteiger partial charge is 0.341 e. The number of carboxylic acid groups (broad SMARTS) is 1. The molecular weight excluding hydrogens is 373 g/mol. The highest BCUT2D eigenvalue weighted by Gasteiger charge is 2.37. The third-order valence-electron chi connectivity index (χ3n) is 5.56. The van der Waals surface area contributed by atoms with Gasteiger partial charge in [-0.15, -0.1) is 0 Å². The number of fused-ring (bicyclic) bond motifs is 1. The molecule has 1 aliphatic carbocycles. The number of carbonyl (C=O) groups is 1. The number of nitrogens with zero attached hydrogens (tertiary/aromatic N) is 1. The minimum atomic E-state index is -1.36. The number of benzene rings is 2. The lowest BCUT2D eigenvalue weighted by molar-refractivity contribution is 0.0695. The molecule has 6 nitrogen and oxygen atoms in total. The van der Waals surface area contributed by atoms with Crippen LogP contribution in [0.4, 0.5) is 10.1 Å². The molecular formula is C22H22FN3O3. The lowest BCUT2D eigenvalue weighted by atomic mass is 10.0. The molecule has 1 saturated carbocycles. The maximum absolute atomic E-state index is 14.9. The summed E-state index contributed by atoms with van der Waals surface area (Å²) >= 11 is 0. The Morgan fingerprint density at radius 3 is 2.72 bits per heavy atom. The largest absolute Gasteiger partial charge is 0.477 e. The van der Waals surface area contributed by atoms with Crippen LogP contribution in [0.3, 0.4) is 0 Å². The summed E-state index contributed by atoms with van der Waals surface area (Å²) in [7, 11) is 0. The van der Waals surface area contributed by atoms with Crippen LogP contribution >= 0.6 is 0 Å². The number of hydrogen-bond acceptors (Lipinski definition) is 4. The van der Waals surface area contributed by atoms with Crippen molar-refractivity contribution in [2.45, 2.75) is 38.4 Å². The lowest BCUT2D eigenvalue weighted by Crippen LogP contribution is -2.22. The predicted molar refractivity (Wildman–Crippen MR) is 110 cm³/mol. The number of aromatic carboxylic acids is 1. The molecule has 7 heteroatoms. The van der Waals surface area contributed by atoms with Gasteiger partial charge in [-0.3, -0.25) is 4.79 Å². The van der Waals surface area contributed by atoms with Crippen LogP contribution in [0.25, 0.3) is 10.9 Å². The molecule has 2 aromatic carbocycles. The van der Waals surface area contributed by atoms with Crippen molar-refractivity contribution in [1.82, 2.24) is 9.88 Å². The maximum atomic E-state index is 14.9. The van der Waals surface area contributed by atoms with Crippen molar-refractivity contribution in [2.24, 2.45) is 0 Å². The van der Waals surface area contributed by atoms with E-state index >= 15 is 0 Å². The second-order valence-electron chi connectivity index (χ2n) is 7.36. The Kier molecular flexibility index (Phi) is 4.84. The van der Waals surface area contributed by atoms with Crippen molar-refractivity contribution in [3.8, 4) is 0 Å². The van der Waals surface area contributed by atoms with Crippen LogP contribution < -0.4 is 16.5 Å². The Morgan fingerprint density at radius 2 is 2.07 bits per heavy atom. The van der Waals surface area contributed by atoms with Crippen molar-refractivity contribution in [3.05, 3.63) is 75.3 Å². The predicted octanol–water partition coefficient (Wildman–Crippen LogP) is 3.09. The van der Waals surface area contributed by atoms with Gasteiger partial charge in [-0.05, 0) is 25.0 Å². The van der Waals surface area contributed by atoms with E-state index in [0.29, 0.717) is 23.5 Å². The molecule has 1 heterocycles. The van der Waals surface area contributed by atoms with Gasteiger partial charge >= 0.3 is 5.97 Å². The Labute approximate surface area is 166 Å². The third-order valence-corrected chi connectivity index (χ3v) is 5.56. The zero-order chi connectivity index (χ0) is 20.7. The zero-order valence-electron chi connectivity index (χ0n) is 16.0. The average molecular weight is 395 g/mol. The molecule has 0 aliphatic heterocycles. The van der Waals surface area contributed by atoms with Crippen LogP contribution in [0.2, 0.25) is 0 Å². The van der Waals surface area contributed by atoms with Gasteiger partial charge in [-0.1, -0.05) is 30.3 Å². The van der Waals surface area contributed by atoms with Crippen molar-refractivity contribution in [2.75, 3.05) is 5.73 Å². The van der Waals surface area contributed by atoms with E-state index in [-0.39, 0.29) is 23.7 Å². The molecule has 1 aromatic heterocycles. The summed E-state index contributed by atoms with van der Waals surface area (Å²) in [6.07, 6.45) is 2.27. The summed E-state index contributed by atoms with van der Waals surface area (Å²) < 4.78 is 16.5. The molecule has 4 N–H and O–H groups in total. The second-order valence-corrected chi connectivity index (χ2v) is 7.36. The van der Waals surface area contributed by atoms with E-state index in [9.17, 15) is 19.1 Å². The first kappa shape index (κ1) is 19.1. The normalized spacial score (nSPS) is 18.1. The summed E-state index contributed by atoms with van der Waals surface area (Å²) in [5.41, 5.74) is 6.51. The van der Waals surface area contributed by atoms with E-state index in [1.165, 1.54) is 11.8 Å². The number of nitrogens with one attached hydrogen (secondary N) is 1. The van der Waals surface area contributed by atoms with Gasteiger partial charge in [-0.25, -0.2) is 9.18 Å². The Hall–Kier alpha value is -3.19. The number of pyridine rings is 1. The number of carboxylic acids is 1. The van der Waals surface area contributed by atoms with Crippen molar-refractivity contribution in [3.63, 3.8) is 0 Å². The molecule has 0 unspecified atom stereocenters. The Bertz CT molecular complexity index is 1160. The van der Waals surface area contributed by atoms with Crippen LogP contribution in [0.1, 0.15) is 40.7 Å². The summed E-state index contributed by atoms with van der Waals surface area (Å²) in [4.78, 5) is 23.9. The maximum Gasteiger partial charge on any atom is 0.341 e. The fraction of sp³-hybridized carbons (Fsp3) is 0.273. The fourth-order valence-corrected chi connectivity index (χ4v) is 3.88. The van der Waals surface area contributed by atoms with Crippen molar-refractivity contribution >= 4 is 22.6 Å². The number of rotatable bonds is 6. The molecule has 1 fully saturated rings. The lowest BCUT2D eigenvalue weighted by Gasteiger charge is -2.15. The van der Waals surface area contributed by atoms with Gasteiger partial charge in [0.1, 0.15) is 5.56 Å². The first-order valence-corrected chi connectivity index (χ1v) is 9.58. The number of halogens is 1. The minimum Gasteiger partial charge on any atom is -0.477 e. The van der Waals surface area contributed by atoms with E-state index in [0.717, 1.165) is 6.42 Å². The highest BCUT2D eigenvalue weighted by Crippen LogP contribution is 2.41. The van der Waals surface area contributed by atoms with Crippen LogP contribution in [-0.4, -0.2) is 21.7 Å². The van der Waals surface area contributed by atoms with Gasteiger partial charge < -0.3 is 20.7 Å². The van der Waals surface area contributed by atoms with Gasteiger partial charge in [0.05, 0.1) is 16.6 Å². The zero-order valence-corrected chi connectivity index (χ0v) is 16.0. The molecule has 0 radical (unpaired) electrons. The highest BCUT2D eigenvalue weighted by molar-refractivity contribution is 5.97. The van der Waals surface area contributed by atoms with Crippen LogP contribution in [-0.2, 0) is 13.1 Å². The molecule has 4 rings (SSSR count). The summed E-state index contributed by atoms with van der Waals surface area (Å²) in [5, 5.41) is 12.6. The average Bonchev–Trinajstić information content (AvgIpc) is 3.49. The topological polar surface area (TPSA) is 97.4 Å². The second kappa shape index (κ2) is 7.33. The standard InChI is InChI=1S/C22H22FN3O3/c1-2-26-11-15(22(28)29)21(27)18-17(26)8-13(19(23)20(18)24)10-25-16-9-14(16)12-6-4-3-5-7-12/h3-8,11,14,16,25H,2,9-10,24H2,1H3,(H,28,29)/t14-,16+/m0/s1. The Morgan fingerprint density at radius 1 is 1.34 bits per heavy atom. The number of nitrogen functional groups attached to an aromatic ring is 1. The van der Waals surface area contributed by atoms with Crippen LogP contribution in [0, 0.1) is 5.82 Å².